The standard InChI is InChI=1S/C11H10ClNO2/c1-3-15-11(14)9-4-7(2)10(12)5-8(9)6-13/h4-5H,3H2,1-2H3. The molecule has 4 heteroatoms. The molecule has 78 valence electrons. The molecule has 0 saturated carbocycles. The van der Waals surface area contributed by atoms with Gasteiger partial charge in [0.25, 0.3) is 0 Å². The summed E-state index contributed by atoms with van der Waals surface area (Å²) in [5.41, 5.74) is 1.25. The summed E-state index contributed by atoms with van der Waals surface area (Å²) < 4.78 is 4.83. The molecule has 0 spiro atoms. The van der Waals surface area contributed by atoms with E-state index in [4.69, 9.17) is 21.6 Å². The quantitative estimate of drug-likeness (QED) is 0.725. The van der Waals surface area contributed by atoms with Crippen LogP contribution in [-0.4, -0.2) is 12.6 Å². The van der Waals surface area contributed by atoms with E-state index < -0.39 is 5.97 Å². The second-order valence-corrected chi connectivity index (χ2v) is 3.39. The Morgan fingerprint density at radius 3 is 2.80 bits per heavy atom. The molecule has 0 atom stereocenters. The third-order valence-corrected chi connectivity index (χ3v) is 2.32. The second kappa shape index (κ2) is 4.81. The van der Waals surface area contributed by atoms with Crippen LogP contribution in [0.4, 0.5) is 0 Å². The maximum Gasteiger partial charge on any atom is 0.339 e. The fourth-order valence-corrected chi connectivity index (χ4v) is 1.32. The predicted molar refractivity (Wildman–Crippen MR) is 56.9 cm³/mol. The van der Waals surface area contributed by atoms with Crippen LogP contribution in [0.2, 0.25) is 5.02 Å². The molecule has 0 aliphatic rings. The van der Waals surface area contributed by atoms with Crippen LogP contribution in [0.25, 0.3) is 0 Å². The molecule has 0 saturated heterocycles. The Labute approximate surface area is 93.2 Å². The van der Waals surface area contributed by atoms with Crippen LogP contribution in [0.15, 0.2) is 12.1 Å². The van der Waals surface area contributed by atoms with Crippen molar-refractivity contribution in [3.8, 4) is 6.07 Å². The smallest absolute Gasteiger partial charge is 0.339 e. The summed E-state index contributed by atoms with van der Waals surface area (Å²) in [6.07, 6.45) is 0. The highest BCUT2D eigenvalue weighted by Gasteiger charge is 2.14. The molecule has 0 N–H and O–H groups in total. The molecule has 0 heterocycles. The normalized spacial score (nSPS) is 9.47. The highest BCUT2D eigenvalue weighted by Crippen LogP contribution is 2.21. The first-order valence-corrected chi connectivity index (χ1v) is 4.85. The molecule has 1 aromatic carbocycles. The Morgan fingerprint density at radius 1 is 1.60 bits per heavy atom. The lowest BCUT2D eigenvalue weighted by molar-refractivity contribution is 0.0526. The van der Waals surface area contributed by atoms with Gasteiger partial charge in [0.15, 0.2) is 0 Å². The third kappa shape index (κ3) is 2.48. The van der Waals surface area contributed by atoms with Gasteiger partial charge < -0.3 is 4.74 Å². The topological polar surface area (TPSA) is 50.1 Å². The van der Waals surface area contributed by atoms with Crippen molar-refractivity contribution in [2.45, 2.75) is 13.8 Å². The molecule has 0 aliphatic heterocycles. The van der Waals surface area contributed by atoms with Gasteiger partial charge in [-0.15, -0.1) is 0 Å². The molecule has 1 rings (SSSR count). The zero-order valence-electron chi connectivity index (χ0n) is 8.50. The Bertz CT molecular complexity index is 435. The highest BCUT2D eigenvalue weighted by molar-refractivity contribution is 6.31. The average Bonchev–Trinajstić information content (AvgIpc) is 2.21. The summed E-state index contributed by atoms with van der Waals surface area (Å²) >= 11 is 5.84. The number of carbonyl (C=O) groups is 1. The van der Waals surface area contributed by atoms with E-state index in [1.165, 1.54) is 6.07 Å². The molecule has 3 nitrogen and oxygen atoms in total. The van der Waals surface area contributed by atoms with Crippen LogP contribution < -0.4 is 0 Å². The van der Waals surface area contributed by atoms with Crippen molar-refractivity contribution in [2.24, 2.45) is 0 Å². The number of rotatable bonds is 2. The number of ether oxygens (including phenoxy) is 1. The largest absolute Gasteiger partial charge is 0.462 e. The lowest BCUT2D eigenvalue weighted by Gasteiger charge is -2.06. The van der Waals surface area contributed by atoms with Gasteiger partial charge in [-0.25, -0.2) is 4.79 Å². The Hall–Kier alpha value is -1.53. The fourth-order valence-electron chi connectivity index (χ4n) is 1.15. The van der Waals surface area contributed by atoms with Crippen LogP contribution in [-0.2, 0) is 4.74 Å². The number of carbonyl (C=O) groups excluding carboxylic acids is 1. The van der Waals surface area contributed by atoms with Gasteiger partial charge in [-0.3, -0.25) is 0 Å². The van der Waals surface area contributed by atoms with Gasteiger partial charge in [0.1, 0.15) is 6.07 Å². The van der Waals surface area contributed by atoms with Crippen LogP contribution in [0.3, 0.4) is 0 Å². The zero-order valence-corrected chi connectivity index (χ0v) is 9.26. The van der Waals surface area contributed by atoms with Crippen molar-refractivity contribution in [1.29, 1.82) is 5.26 Å². The van der Waals surface area contributed by atoms with E-state index in [1.54, 1.807) is 19.9 Å². The van der Waals surface area contributed by atoms with Gasteiger partial charge >= 0.3 is 5.97 Å². The van der Waals surface area contributed by atoms with Crippen molar-refractivity contribution in [1.82, 2.24) is 0 Å². The minimum Gasteiger partial charge on any atom is -0.462 e. The second-order valence-electron chi connectivity index (χ2n) is 2.98. The molecule has 0 aromatic heterocycles. The Morgan fingerprint density at radius 2 is 2.27 bits per heavy atom. The molecule has 0 bridgehead atoms. The molecule has 0 aliphatic carbocycles. The number of hydrogen-bond acceptors (Lipinski definition) is 3. The van der Waals surface area contributed by atoms with E-state index >= 15 is 0 Å². The lowest BCUT2D eigenvalue weighted by atomic mass is 10.1. The van der Waals surface area contributed by atoms with E-state index in [1.807, 2.05) is 6.07 Å². The molecular weight excluding hydrogens is 214 g/mol. The predicted octanol–water partition coefficient (Wildman–Crippen LogP) is 2.70. The van der Waals surface area contributed by atoms with Crippen molar-refractivity contribution < 1.29 is 9.53 Å². The maximum absolute atomic E-state index is 11.5. The van der Waals surface area contributed by atoms with Gasteiger partial charge in [-0.1, -0.05) is 11.6 Å². The molecule has 0 amide bonds. The first-order chi connectivity index (χ1) is 7.10. The van der Waals surface area contributed by atoms with E-state index in [9.17, 15) is 4.79 Å². The van der Waals surface area contributed by atoms with Crippen LogP contribution in [0.5, 0.6) is 0 Å². The van der Waals surface area contributed by atoms with Gasteiger partial charge in [-0.2, -0.15) is 5.26 Å². The van der Waals surface area contributed by atoms with Crippen LogP contribution >= 0.6 is 11.6 Å². The van der Waals surface area contributed by atoms with Crippen molar-refractivity contribution in [3.63, 3.8) is 0 Å². The highest BCUT2D eigenvalue weighted by atomic mass is 35.5. The third-order valence-electron chi connectivity index (χ3n) is 1.91. The molecule has 0 unspecified atom stereocenters. The SMILES string of the molecule is CCOC(=O)c1cc(C)c(Cl)cc1C#N. The number of benzene rings is 1. The molecule has 15 heavy (non-hydrogen) atoms. The Kier molecular flexibility index (Phi) is 3.70. The fraction of sp³-hybridized carbons (Fsp3) is 0.273. The number of halogens is 1. The molecule has 0 fully saturated rings. The summed E-state index contributed by atoms with van der Waals surface area (Å²) in [4.78, 5) is 11.5. The summed E-state index contributed by atoms with van der Waals surface area (Å²) in [6.45, 7) is 3.77. The average molecular weight is 224 g/mol. The minimum absolute atomic E-state index is 0.240. The maximum atomic E-state index is 11.5. The summed E-state index contributed by atoms with van der Waals surface area (Å²) in [5.74, 6) is -0.492. The van der Waals surface area contributed by atoms with E-state index in [0.717, 1.165) is 5.56 Å². The monoisotopic (exact) mass is 223 g/mol. The number of aryl methyl sites for hydroxylation is 1. The van der Waals surface area contributed by atoms with Gasteiger partial charge in [0.2, 0.25) is 0 Å². The van der Waals surface area contributed by atoms with Crippen molar-refractivity contribution >= 4 is 17.6 Å². The number of esters is 1. The van der Waals surface area contributed by atoms with Crippen LogP contribution in [0.1, 0.15) is 28.4 Å². The summed E-state index contributed by atoms with van der Waals surface area (Å²) in [7, 11) is 0. The number of nitriles is 1. The molecule has 0 radical (unpaired) electrons. The van der Waals surface area contributed by atoms with Gasteiger partial charge in [0, 0.05) is 5.02 Å². The van der Waals surface area contributed by atoms with E-state index in [0.29, 0.717) is 5.02 Å². The van der Waals surface area contributed by atoms with Crippen LogP contribution in [0, 0.1) is 18.3 Å². The number of nitrogens with zero attached hydrogens (tertiary/aromatic N) is 1. The summed E-state index contributed by atoms with van der Waals surface area (Å²) in [5, 5.41) is 9.31. The minimum atomic E-state index is -0.492. The lowest BCUT2D eigenvalue weighted by Crippen LogP contribution is -2.07. The summed E-state index contributed by atoms with van der Waals surface area (Å²) in [6, 6.07) is 4.96. The van der Waals surface area contributed by atoms with Crippen molar-refractivity contribution in [3.05, 3.63) is 33.8 Å². The molecule has 1 aromatic rings. The van der Waals surface area contributed by atoms with E-state index in [2.05, 4.69) is 0 Å². The van der Waals surface area contributed by atoms with Gasteiger partial charge in [0.05, 0.1) is 17.7 Å². The Balaban J connectivity index is 3.23. The molecular formula is C11H10ClNO2. The van der Waals surface area contributed by atoms with E-state index in [-0.39, 0.29) is 17.7 Å². The first kappa shape index (κ1) is 11.5. The first-order valence-electron chi connectivity index (χ1n) is 4.47. The number of hydrogen-bond donors (Lipinski definition) is 0. The van der Waals surface area contributed by atoms with Gasteiger partial charge in [-0.05, 0) is 31.5 Å². The van der Waals surface area contributed by atoms with Crippen molar-refractivity contribution in [2.75, 3.05) is 6.61 Å². The zero-order chi connectivity index (χ0) is 11.4.